The zero-order chi connectivity index (χ0) is 18.7. The molecule has 0 aliphatic heterocycles. The van der Waals surface area contributed by atoms with Gasteiger partial charge in [0.05, 0.1) is 0 Å². The highest BCUT2D eigenvalue weighted by molar-refractivity contribution is 5.81. The molecule has 0 aliphatic carbocycles. The summed E-state index contributed by atoms with van der Waals surface area (Å²) in [5.41, 5.74) is 0. The second-order valence-corrected chi connectivity index (χ2v) is 4.03. The highest BCUT2D eigenvalue weighted by atomic mass is 19.4. The molecule has 23 heavy (non-hydrogen) atoms. The van der Waals surface area contributed by atoms with Crippen molar-refractivity contribution >= 4 is 17.8 Å². The van der Waals surface area contributed by atoms with Crippen LogP contribution in [-0.2, 0) is 14.4 Å². The molecule has 12 heteroatoms. The molecule has 0 aliphatic rings. The Morgan fingerprint density at radius 3 is 1.65 bits per heavy atom. The number of carboxylic acid groups (broad SMARTS) is 1. The van der Waals surface area contributed by atoms with E-state index in [2.05, 4.69) is 0 Å². The molecule has 0 aromatic carbocycles. The van der Waals surface area contributed by atoms with Crippen LogP contribution in [0.3, 0.4) is 0 Å². The number of halogens is 6. The number of amides is 2. The molecule has 0 spiro atoms. The lowest BCUT2D eigenvalue weighted by Crippen LogP contribution is -2.37. The summed E-state index contributed by atoms with van der Waals surface area (Å²) in [6, 6.07) is 0. The number of aliphatic carboxylic acids is 1. The predicted octanol–water partition coefficient (Wildman–Crippen LogP) is 1.60. The summed E-state index contributed by atoms with van der Waals surface area (Å²) >= 11 is 0. The van der Waals surface area contributed by atoms with Crippen molar-refractivity contribution in [2.45, 2.75) is 38.0 Å². The van der Waals surface area contributed by atoms with Gasteiger partial charge in [-0.15, -0.1) is 0 Å². The SMILES string of the molecule is CNC(=O)C(F)(F)F.O=C(O)CCCCCNC(=O)C(F)(F)F. The Morgan fingerprint density at radius 2 is 1.35 bits per heavy atom. The topological polar surface area (TPSA) is 95.5 Å². The molecule has 0 rings (SSSR count). The lowest BCUT2D eigenvalue weighted by Gasteiger charge is -2.06. The maximum atomic E-state index is 11.6. The van der Waals surface area contributed by atoms with Crippen molar-refractivity contribution in [1.29, 1.82) is 0 Å². The zero-order valence-corrected chi connectivity index (χ0v) is 12.0. The van der Waals surface area contributed by atoms with Gasteiger partial charge in [0.1, 0.15) is 0 Å². The molecule has 0 heterocycles. The van der Waals surface area contributed by atoms with Gasteiger partial charge in [-0.2, -0.15) is 26.3 Å². The van der Waals surface area contributed by atoms with Gasteiger partial charge in [-0.1, -0.05) is 6.42 Å². The fourth-order valence-corrected chi connectivity index (χ4v) is 1.02. The van der Waals surface area contributed by atoms with Crippen LogP contribution in [-0.4, -0.2) is 48.8 Å². The minimum absolute atomic E-state index is 0.00673. The average Bonchev–Trinajstić information content (AvgIpc) is 2.39. The van der Waals surface area contributed by atoms with Gasteiger partial charge >= 0.3 is 30.1 Å². The lowest BCUT2D eigenvalue weighted by molar-refractivity contribution is -0.173. The van der Waals surface area contributed by atoms with Crippen LogP contribution in [0.25, 0.3) is 0 Å². The first kappa shape index (κ1) is 23.3. The van der Waals surface area contributed by atoms with Crippen molar-refractivity contribution in [2.24, 2.45) is 0 Å². The number of alkyl halides is 6. The van der Waals surface area contributed by atoms with Crippen LogP contribution in [0.4, 0.5) is 26.3 Å². The number of hydrogen-bond donors (Lipinski definition) is 3. The quantitative estimate of drug-likeness (QED) is 0.499. The van der Waals surface area contributed by atoms with Crippen molar-refractivity contribution < 1.29 is 45.8 Å². The van der Waals surface area contributed by atoms with Gasteiger partial charge in [0.25, 0.3) is 0 Å². The molecule has 6 nitrogen and oxygen atoms in total. The number of unbranched alkanes of at least 4 members (excludes halogenated alkanes) is 2. The standard InChI is InChI=1S/C8H12F3NO3.C3H4F3NO/c9-8(10,11)7(15)12-5-3-1-2-4-6(13)14;1-7-2(8)3(4,5)6/h1-5H2,(H,12,15)(H,13,14);1H3,(H,7,8). The summed E-state index contributed by atoms with van der Waals surface area (Å²) in [7, 11) is 0.926. The molecule has 0 aromatic rings. The fourth-order valence-electron chi connectivity index (χ4n) is 1.02. The van der Waals surface area contributed by atoms with Gasteiger partial charge in [-0.3, -0.25) is 14.4 Å². The Hall–Kier alpha value is -2.01. The molecular formula is C11H16F6N2O4. The van der Waals surface area contributed by atoms with Crippen molar-refractivity contribution in [3.8, 4) is 0 Å². The highest BCUT2D eigenvalue weighted by Gasteiger charge is 2.38. The summed E-state index contributed by atoms with van der Waals surface area (Å²) in [6.45, 7) is -0.0854. The van der Waals surface area contributed by atoms with Crippen molar-refractivity contribution in [3.05, 3.63) is 0 Å². The third kappa shape index (κ3) is 14.7. The van der Waals surface area contributed by atoms with Gasteiger partial charge in [0, 0.05) is 20.0 Å². The first-order chi connectivity index (χ1) is 10.3. The minimum Gasteiger partial charge on any atom is -0.481 e. The van der Waals surface area contributed by atoms with Crippen LogP contribution in [0.1, 0.15) is 25.7 Å². The third-order valence-corrected chi connectivity index (χ3v) is 2.09. The van der Waals surface area contributed by atoms with Gasteiger partial charge in [-0.05, 0) is 12.8 Å². The molecule has 3 N–H and O–H groups in total. The van der Waals surface area contributed by atoms with Crippen LogP contribution in [0, 0.1) is 0 Å². The van der Waals surface area contributed by atoms with E-state index in [-0.39, 0.29) is 13.0 Å². The molecule has 136 valence electrons. The molecule has 0 saturated carbocycles. The van der Waals surface area contributed by atoms with E-state index in [1.165, 1.54) is 5.32 Å². The van der Waals surface area contributed by atoms with Crippen LogP contribution in [0.2, 0.25) is 0 Å². The van der Waals surface area contributed by atoms with Crippen LogP contribution in [0.5, 0.6) is 0 Å². The van der Waals surface area contributed by atoms with E-state index in [1.54, 1.807) is 5.32 Å². The van der Waals surface area contributed by atoms with E-state index in [0.29, 0.717) is 19.3 Å². The van der Waals surface area contributed by atoms with Gasteiger partial charge in [0.15, 0.2) is 0 Å². The number of carbonyl (C=O) groups is 3. The minimum atomic E-state index is -4.85. The monoisotopic (exact) mass is 354 g/mol. The number of hydrogen-bond acceptors (Lipinski definition) is 3. The summed E-state index contributed by atoms with van der Waals surface area (Å²) in [4.78, 5) is 29.9. The Kier molecular flexibility index (Phi) is 10.8. The van der Waals surface area contributed by atoms with Crippen molar-refractivity contribution in [3.63, 3.8) is 0 Å². The summed E-state index contributed by atoms with van der Waals surface area (Å²) in [5.74, 6) is -4.81. The second kappa shape index (κ2) is 10.7. The van der Waals surface area contributed by atoms with Crippen molar-refractivity contribution in [1.82, 2.24) is 10.6 Å². The van der Waals surface area contributed by atoms with E-state index in [9.17, 15) is 40.7 Å². The third-order valence-electron chi connectivity index (χ3n) is 2.09. The molecule has 0 atom stereocenters. The largest absolute Gasteiger partial charge is 0.481 e. The molecule has 2 amide bonds. The number of carboxylic acids is 1. The normalized spacial score (nSPS) is 11.1. The first-order valence-electron chi connectivity index (χ1n) is 6.18. The van der Waals surface area contributed by atoms with E-state index in [4.69, 9.17) is 5.11 Å². The second-order valence-electron chi connectivity index (χ2n) is 4.03. The smallest absolute Gasteiger partial charge is 0.471 e. The van der Waals surface area contributed by atoms with E-state index >= 15 is 0 Å². The Morgan fingerprint density at radius 1 is 0.870 bits per heavy atom. The van der Waals surface area contributed by atoms with Crippen LogP contribution >= 0.6 is 0 Å². The first-order valence-corrected chi connectivity index (χ1v) is 6.18. The lowest BCUT2D eigenvalue weighted by atomic mass is 10.2. The molecular weight excluding hydrogens is 338 g/mol. The van der Waals surface area contributed by atoms with E-state index < -0.39 is 30.1 Å². The maximum Gasteiger partial charge on any atom is 0.471 e. The number of rotatable bonds is 6. The zero-order valence-electron chi connectivity index (χ0n) is 12.0. The highest BCUT2D eigenvalue weighted by Crippen LogP contribution is 2.14. The Balaban J connectivity index is 0. The predicted molar refractivity (Wildman–Crippen MR) is 65.3 cm³/mol. The van der Waals surface area contributed by atoms with Gasteiger partial charge in [0.2, 0.25) is 0 Å². The molecule has 0 radical (unpaired) electrons. The van der Waals surface area contributed by atoms with Crippen LogP contribution < -0.4 is 10.6 Å². The van der Waals surface area contributed by atoms with Gasteiger partial charge < -0.3 is 15.7 Å². The number of nitrogens with one attached hydrogen (secondary N) is 2. The Bertz CT molecular complexity index is 395. The van der Waals surface area contributed by atoms with Gasteiger partial charge in [-0.25, -0.2) is 0 Å². The van der Waals surface area contributed by atoms with Crippen LogP contribution in [0.15, 0.2) is 0 Å². The summed E-state index contributed by atoms with van der Waals surface area (Å²) in [6.07, 6.45) is -8.38. The Labute approximate surface area is 127 Å². The molecule has 0 aromatic heterocycles. The maximum absolute atomic E-state index is 11.6. The fraction of sp³-hybridized carbons (Fsp3) is 0.727. The molecule has 0 fully saturated rings. The number of carbonyl (C=O) groups excluding carboxylic acids is 2. The van der Waals surface area contributed by atoms with Crippen molar-refractivity contribution in [2.75, 3.05) is 13.6 Å². The van der Waals surface area contributed by atoms with E-state index in [1.807, 2.05) is 0 Å². The summed E-state index contributed by atoms with van der Waals surface area (Å²) in [5, 5.41) is 11.4. The molecule has 0 bridgehead atoms. The average molecular weight is 354 g/mol. The molecule has 0 unspecified atom stereocenters. The summed E-state index contributed by atoms with van der Waals surface area (Å²) < 4.78 is 68.0. The molecule has 0 saturated heterocycles. The van der Waals surface area contributed by atoms with E-state index in [0.717, 1.165) is 7.05 Å².